The fraction of sp³-hybridized carbons (Fsp3) is 0.533. The van der Waals surface area contributed by atoms with Gasteiger partial charge in [-0.2, -0.15) is 0 Å². The van der Waals surface area contributed by atoms with E-state index in [-0.39, 0.29) is 6.42 Å². The number of carboxylic acid groups (broad SMARTS) is 1. The number of phenols is 1. The highest BCUT2D eigenvalue weighted by Crippen LogP contribution is 2.52. The molecule has 1 heterocycles. The Hall–Kier alpha value is -1.71. The molecule has 2 rings (SSSR count). The van der Waals surface area contributed by atoms with E-state index in [1.54, 1.807) is 6.07 Å². The van der Waals surface area contributed by atoms with Crippen LogP contribution < -0.4 is 4.74 Å². The van der Waals surface area contributed by atoms with E-state index in [1.165, 1.54) is 0 Å². The van der Waals surface area contributed by atoms with Gasteiger partial charge >= 0.3 is 5.97 Å². The molecule has 4 nitrogen and oxygen atoms in total. The van der Waals surface area contributed by atoms with Crippen LogP contribution in [0.1, 0.15) is 49.7 Å². The molecule has 0 unspecified atom stereocenters. The van der Waals surface area contributed by atoms with E-state index >= 15 is 0 Å². The molecule has 1 aromatic rings. The zero-order valence-electron chi connectivity index (χ0n) is 11.2. The number of carbonyl (C=O) groups is 1. The number of unbranched alkanes of at least 4 members (excludes halogenated alkanes) is 4. The lowest BCUT2D eigenvalue weighted by molar-refractivity contribution is -0.137. The Kier molecular flexibility index (Phi) is 4.30. The largest absolute Gasteiger partial charge is 0.508 e. The fourth-order valence-electron chi connectivity index (χ4n) is 2.36. The molecule has 1 aliphatic heterocycles. The van der Waals surface area contributed by atoms with Gasteiger partial charge in [-0.25, -0.2) is 0 Å². The van der Waals surface area contributed by atoms with Gasteiger partial charge < -0.3 is 14.9 Å². The van der Waals surface area contributed by atoms with Gasteiger partial charge in [0, 0.05) is 18.1 Å². The van der Waals surface area contributed by atoms with Crippen molar-refractivity contribution in [1.29, 1.82) is 0 Å². The maximum absolute atomic E-state index is 10.3. The average Bonchev–Trinajstić information content (AvgIpc) is 3.10. The number of ether oxygens (including phenoxy) is 1. The van der Waals surface area contributed by atoms with E-state index in [2.05, 4.69) is 0 Å². The van der Waals surface area contributed by atoms with Crippen molar-refractivity contribution in [2.24, 2.45) is 0 Å². The van der Waals surface area contributed by atoms with E-state index < -0.39 is 5.97 Å². The number of carboxylic acids is 1. The molecule has 1 aromatic carbocycles. The second kappa shape index (κ2) is 5.95. The molecule has 0 atom stereocenters. The summed E-state index contributed by atoms with van der Waals surface area (Å²) in [5.74, 6) is 1.35. The van der Waals surface area contributed by atoms with Crippen LogP contribution in [0, 0.1) is 6.92 Å². The summed E-state index contributed by atoms with van der Waals surface area (Å²) in [6.45, 7) is 1.92. The first kappa shape index (κ1) is 13.7. The number of hydrogen-bond donors (Lipinski definition) is 2. The van der Waals surface area contributed by atoms with Gasteiger partial charge in [0.2, 0.25) is 0 Å². The molecule has 2 N–H and O–H groups in total. The third-order valence-corrected chi connectivity index (χ3v) is 3.59. The highest BCUT2D eigenvalue weighted by atomic mass is 16.6. The van der Waals surface area contributed by atoms with Gasteiger partial charge in [-0.05, 0) is 31.7 Å². The maximum Gasteiger partial charge on any atom is 0.303 e. The fourth-order valence-corrected chi connectivity index (χ4v) is 2.36. The Labute approximate surface area is 113 Å². The number of rotatable bonds is 8. The Bertz CT molecular complexity index is 480. The minimum Gasteiger partial charge on any atom is -0.508 e. The van der Waals surface area contributed by atoms with E-state index in [4.69, 9.17) is 9.84 Å². The third kappa shape index (κ3) is 3.63. The molecule has 0 bridgehead atoms. The molecule has 0 aliphatic carbocycles. The van der Waals surface area contributed by atoms with Crippen LogP contribution in [0.5, 0.6) is 17.2 Å². The van der Waals surface area contributed by atoms with Crippen molar-refractivity contribution in [3.63, 3.8) is 0 Å². The first-order valence-corrected chi connectivity index (χ1v) is 6.84. The van der Waals surface area contributed by atoms with E-state index in [9.17, 15) is 9.90 Å². The Morgan fingerprint density at radius 3 is 2.63 bits per heavy atom. The second-order valence-electron chi connectivity index (χ2n) is 5.09. The topological polar surface area (TPSA) is 70.1 Å². The number of phenolic OH excluding ortho intramolecular Hbond substituents is 1. The highest BCUT2D eigenvalue weighted by molar-refractivity contribution is 5.66. The van der Waals surface area contributed by atoms with Gasteiger partial charge in [0.25, 0.3) is 0 Å². The van der Waals surface area contributed by atoms with Gasteiger partial charge in [-0.15, -0.1) is 0 Å². The first-order chi connectivity index (χ1) is 9.09. The van der Waals surface area contributed by atoms with Crippen LogP contribution in [0.4, 0.5) is 0 Å². The molecule has 0 fully saturated rings. The van der Waals surface area contributed by atoms with Gasteiger partial charge in [-0.1, -0.05) is 19.3 Å². The first-order valence-electron chi connectivity index (χ1n) is 6.84. The smallest absolute Gasteiger partial charge is 0.303 e. The summed E-state index contributed by atoms with van der Waals surface area (Å²) in [6.07, 6.45) is 6.12. The van der Waals surface area contributed by atoms with E-state index in [0.29, 0.717) is 5.75 Å². The van der Waals surface area contributed by atoms with Gasteiger partial charge in [0.1, 0.15) is 5.75 Å². The summed E-state index contributed by atoms with van der Waals surface area (Å²) in [6, 6.07) is 1.67. The molecule has 19 heavy (non-hydrogen) atoms. The normalized spacial score (nSPS) is 11.8. The van der Waals surface area contributed by atoms with Crippen molar-refractivity contribution in [3.8, 4) is 17.2 Å². The summed E-state index contributed by atoms with van der Waals surface area (Å²) < 4.78 is 5.33. The predicted octanol–water partition coefficient (Wildman–Crippen LogP) is 3.77. The summed E-state index contributed by atoms with van der Waals surface area (Å²) in [4.78, 5) is 10.3. The quantitative estimate of drug-likeness (QED) is 0.562. The predicted molar refractivity (Wildman–Crippen MR) is 72.0 cm³/mol. The summed E-state index contributed by atoms with van der Waals surface area (Å²) in [7, 11) is 0. The van der Waals surface area contributed by atoms with Crippen LogP contribution in [0.2, 0.25) is 0 Å². The SMILES string of the molecule is Cc1c(O)cc2c(c1CCCCCCCC(=O)O)O2. The lowest BCUT2D eigenvalue weighted by Gasteiger charge is -2.04. The van der Waals surface area contributed by atoms with Crippen LogP contribution in [0.3, 0.4) is 0 Å². The van der Waals surface area contributed by atoms with Crippen molar-refractivity contribution < 1.29 is 19.7 Å². The Morgan fingerprint density at radius 1 is 1.21 bits per heavy atom. The van der Waals surface area contributed by atoms with Crippen molar-refractivity contribution in [2.45, 2.75) is 51.9 Å². The molecule has 0 saturated carbocycles. The molecule has 104 valence electrons. The monoisotopic (exact) mass is 264 g/mol. The number of aliphatic carboxylic acids is 1. The molecule has 0 amide bonds. The summed E-state index contributed by atoms with van der Waals surface area (Å²) in [5.41, 5.74) is 2.04. The highest BCUT2D eigenvalue weighted by Gasteiger charge is 2.27. The third-order valence-electron chi connectivity index (χ3n) is 3.59. The number of benzene rings is 1. The molecular weight excluding hydrogens is 244 g/mol. The Morgan fingerprint density at radius 2 is 1.89 bits per heavy atom. The van der Waals surface area contributed by atoms with Crippen molar-refractivity contribution in [2.75, 3.05) is 0 Å². The van der Waals surface area contributed by atoms with Crippen LogP contribution in [-0.2, 0) is 11.2 Å². The van der Waals surface area contributed by atoms with Crippen molar-refractivity contribution in [3.05, 3.63) is 17.2 Å². The van der Waals surface area contributed by atoms with E-state index in [0.717, 1.165) is 61.2 Å². The number of aromatic hydroxyl groups is 1. The minimum absolute atomic E-state index is 0.271. The molecule has 0 aromatic heterocycles. The van der Waals surface area contributed by atoms with Crippen LogP contribution in [0.15, 0.2) is 6.07 Å². The van der Waals surface area contributed by atoms with Crippen LogP contribution >= 0.6 is 0 Å². The Balaban J connectivity index is 1.67. The zero-order valence-corrected chi connectivity index (χ0v) is 11.2. The summed E-state index contributed by atoms with van der Waals surface area (Å²) in [5, 5.41) is 18.2. The molecule has 0 saturated heterocycles. The van der Waals surface area contributed by atoms with Crippen LogP contribution in [0.25, 0.3) is 0 Å². The molecule has 1 aliphatic rings. The average molecular weight is 264 g/mol. The van der Waals surface area contributed by atoms with Crippen LogP contribution in [-0.4, -0.2) is 16.2 Å². The second-order valence-corrected chi connectivity index (χ2v) is 5.09. The molecule has 0 spiro atoms. The van der Waals surface area contributed by atoms with E-state index in [1.807, 2.05) is 6.92 Å². The lowest BCUT2D eigenvalue weighted by Crippen LogP contribution is -1.94. The lowest BCUT2D eigenvalue weighted by atomic mass is 10.0. The minimum atomic E-state index is -0.712. The van der Waals surface area contributed by atoms with Crippen molar-refractivity contribution in [1.82, 2.24) is 0 Å². The number of hydrogen-bond acceptors (Lipinski definition) is 3. The standard InChI is InChI=1S/C15H20O4/c1-10-11(15-13(19-15)9-12(10)16)7-5-3-2-4-6-8-14(17)18/h9,16H,2-8H2,1H3,(H,17,18). The van der Waals surface area contributed by atoms with Gasteiger partial charge in [0.05, 0.1) is 0 Å². The molecule has 0 radical (unpaired) electrons. The van der Waals surface area contributed by atoms with Gasteiger partial charge in [-0.3, -0.25) is 4.79 Å². The van der Waals surface area contributed by atoms with Crippen molar-refractivity contribution >= 4 is 5.97 Å². The summed E-state index contributed by atoms with van der Waals surface area (Å²) >= 11 is 0. The maximum atomic E-state index is 10.3. The zero-order chi connectivity index (χ0) is 13.8. The molecular formula is C15H20O4. The number of fused-ring (bicyclic) bond motifs is 1. The molecule has 4 heteroatoms. The van der Waals surface area contributed by atoms with Gasteiger partial charge in [0.15, 0.2) is 11.5 Å².